The van der Waals surface area contributed by atoms with E-state index in [1.54, 1.807) is 18.2 Å². The lowest BCUT2D eigenvalue weighted by Gasteiger charge is -2.42. The van der Waals surface area contributed by atoms with E-state index in [2.05, 4.69) is 0 Å². The number of aliphatic hydroxyl groups is 3. The average Bonchev–Trinajstić information content (AvgIpc) is 2.70. The number of hydrogen-bond acceptors (Lipinski definition) is 5. The quantitative estimate of drug-likeness (QED) is 0.659. The van der Waals surface area contributed by atoms with Gasteiger partial charge in [0, 0.05) is 5.02 Å². The third-order valence-electron chi connectivity index (χ3n) is 4.96. The van der Waals surface area contributed by atoms with Gasteiger partial charge in [0.05, 0.1) is 13.2 Å². The highest BCUT2D eigenvalue weighted by molar-refractivity contribution is 6.31. The van der Waals surface area contributed by atoms with Crippen LogP contribution in [0.4, 0.5) is 8.78 Å². The van der Waals surface area contributed by atoms with Gasteiger partial charge in [-0.2, -0.15) is 0 Å². The summed E-state index contributed by atoms with van der Waals surface area (Å²) in [6.07, 6.45) is -6.89. The third kappa shape index (κ3) is 4.54. The average molecular weight is 429 g/mol. The summed E-state index contributed by atoms with van der Waals surface area (Å²) in [5.74, 6) is -3.01. The van der Waals surface area contributed by atoms with Crippen LogP contribution in [0, 0.1) is 0 Å². The zero-order valence-electron chi connectivity index (χ0n) is 15.8. The molecule has 5 nitrogen and oxygen atoms in total. The summed E-state index contributed by atoms with van der Waals surface area (Å²) in [6.45, 7) is 1.48. The lowest BCUT2D eigenvalue weighted by Crippen LogP contribution is -2.59. The number of hydrogen-bond donors (Lipinski definition) is 3. The molecule has 4 atom stereocenters. The zero-order chi connectivity index (χ0) is 21.2. The third-order valence-corrected chi connectivity index (χ3v) is 5.33. The van der Waals surface area contributed by atoms with E-state index in [0.717, 1.165) is 11.3 Å². The summed E-state index contributed by atoms with van der Waals surface area (Å²) >= 11 is 6.29. The summed E-state index contributed by atoms with van der Waals surface area (Å²) < 4.78 is 38.6. The molecule has 1 aliphatic heterocycles. The van der Waals surface area contributed by atoms with Gasteiger partial charge in [0.1, 0.15) is 30.2 Å². The fraction of sp³-hybridized carbons (Fsp3) is 0.429. The van der Waals surface area contributed by atoms with Crippen LogP contribution in [0.2, 0.25) is 5.02 Å². The topological polar surface area (TPSA) is 79.2 Å². The molecular formula is C21H23ClF2O5. The van der Waals surface area contributed by atoms with E-state index in [0.29, 0.717) is 29.2 Å². The van der Waals surface area contributed by atoms with Crippen molar-refractivity contribution in [2.24, 2.45) is 0 Å². The van der Waals surface area contributed by atoms with Gasteiger partial charge in [-0.05, 0) is 48.2 Å². The Labute approximate surface area is 172 Å². The normalized spacial score (nSPS) is 26.3. The zero-order valence-corrected chi connectivity index (χ0v) is 16.5. The second-order valence-electron chi connectivity index (χ2n) is 6.94. The van der Waals surface area contributed by atoms with Gasteiger partial charge in [0.15, 0.2) is 0 Å². The van der Waals surface area contributed by atoms with Gasteiger partial charge in [0.25, 0.3) is 0 Å². The van der Waals surface area contributed by atoms with Gasteiger partial charge in [-0.25, -0.2) is 8.78 Å². The van der Waals surface area contributed by atoms with Gasteiger partial charge in [-0.3, -0.25) is 0 Å². The van der Waals surface area contributed by atoms with Gasteiger partial charge >= 0.3 is 5.92 Å². The first kappa shape index (κ1) is 21.9. The highest BCUT2D eigenvalue weighted by Crippen LogP contribution is 2.41. The first-order valence-corrected chi connectivity index (χ1v) is 9.66. The van der Waals surface area contributed by atoms with Gasteiger partial charge in [-0.15, -0.1) is 0 Å². The Morgan fingerprint density at radius 3 is 2.45 bits per heavy atom. The number of halogens is 3. The molecule has 1 fully saturated rings. The molecule has 0 spiro atoms. The van der Waals surface area contributed by atoms with Crippen molar-refractivity contribution in [2.45, 2.75) is 43.7 Å². The van der Waals surface area contributed by atoms with Crippen LogP contribution in [0.25, 0.3) is 0 Å². The second-order valence-corrected chi connectivity index (χ2v) is 7.35. The van der Waals surface area contributed by atoms with E-state index in [1.807, 2.05) is 31.2 Å². The molecule has 0 saturated carbocycles. The molecule has 1 saturated heterocycles. The van der Waals surface area contributed by atoms with Gasteiger partial charge < -0.3 is 24.8 Å². The predicted octanol–water partition coefficient (Wildman–Crippen LogP) is 3.12. The van der Waals surface area contributed by atoms with Crippen LogP contribution < -0.4 is 4.74 Å². The summed E-state index contributed by atoms with van der Waals surface area (Å²) in [4.78, 5) is 0. The summed E-state index contributed by atoms with van der Waals surface area (Å²) in [5.41, 5.74) is 2.05. The molecule has 0 unspecified atom stereocenters. The van der Waals surface area contributed by atoms with Crippen molar-refractivity contribution >= 4 is 11.6 Å². The minimum absolute atomic E-state index is 0.385. The fourth-order valence-electron chi connectivity index (χ4n) is 3.37. The van der Waals surface area contributed by atoms with Crippen molar-refractivity contribution in [2.75, 3.05) is 13.2 Å². The first-order chi connectivity index (χ1) is 13.8. The van der Waals surface area contributed by atoms with Crippen LogP contribution in [-0.4, -0.2) is 52.8 Å². The van der Waals surface area contributed by atoms with Gasteiger partial charge in [0.2, 0.25) is 0 Å². The van der Waals surface area contributed by atoms with Crippen LogP contribution in [0.5, 0.6) is 5.75 Å². The minimum Gasteiger partial charge on any atom is -0.494 e. The summed E-state index contributed by atoms with van der Waals surface area (Å²) in [7, 11) is 0. The molecular weight excluding hydrogens is 406 g/mol. The highest BCUT2D eigenvalue weighted by atomic mass is 35.5. The summed E-state index contributed by atoms with van der Waals surface area (Å²) in [5, 5.41) is 29.7. The van der Waals surface area contributed by atoms with Crippen molar-refractivity contribution in [1.29, 1.82) is 0 Å². The second kappa shape index (κ2) is 8.93. The Balaban J connectivity index is 1.84. The molecule has 0 radical (unpaired) electrons. The standard InChI is InChI=1S/C21H23ClF2O5/c1-2-28-15-6-3-12(4-7-15)9-14-10-13(5-8-16(14)22)19-18(26)20(27)21(23,24)17(11-25)29-19/h3-8,10,17-20,25-27H,2,9,11H2,1H3/t17-,18-,19+,20+/m0/s1. The van der Waals surface area contributed by atoms with E-state index >= 15 is 0 Å². The predicted molar refractivity (Wildman–Crippen MR) is 104 cm³/mol. The van der Waals surface area contributed by atoms with Gasteiger partial charge in [-0.1, -0.05) is 35.9 Å². The van der Waals surface area contributed by atoms with E-state index < -0.39 is 36.9 Å². The van der Waals surface area contributed by atoms with E-state index in [-0.39, 0.29) is 0 Å². The van der Waals surface area contributed by atoms with Crippen molar-refractivity contribution in [3.8, 4) is 5.75 Å². The van der Waals surface area contributed by atoms with E-state index in [1.165, 1.54) is 0 Å². The van der Waals surface area contributed by atoms with Crippen molar-refractivity contribution in [3.05, 3.63) is 64.2 Å². The smallest absolute Gasteiger partial charge is 0.303 e. The monoisotopic (exact) mass is 428 g/mol. The number of benzene rings is 2. The Kier molecular flexibility index (Phi) is 6.76. The fourth-order valence-corrected chi connectivity index (χ4v) is 3.55. The molecule has 29 heavy (non-hydrogen) atoms. The highest BCUT2D eigenvalue weighted by Gasteiger charge is 2.57. The Hall–Kier alpha value is -1.77. The van der Waals surface area contributed by atoms with Crippen molar-refractivity contribution in [1.82, 2.24) is 0 Å². The van der Waals surface area contributed by atoms with E-state index in [9.17, 15) is 24.1 Å². The molecule has 2 aromatic rings. The molecule has 0 aliphatic carbocycles. The molecule has 158 valence electrons. The molecule has 3 rings (SSSR count). The first-order valence-electron chi connectivity index (χ1n) is 9.28. The molecule has 0 amide bonds. The molecule has 0 aromatic heterocycles. The Morgan fingerprint density at radius 1 is 1.14 bits per heavy atom. The molecule has 1 heterocycles. The van der Waals surface area contributed by atoms with Crippen molar-refractivity contribution in [3.63, 3.8) is 0 Å². The van der Waals surface area contributed by atoms with Crippen LogP contribution >= 0.6 is 11.6 Å². The van der Waals surface area contributed by atoms with Crippen LogP contribution in [0.15, 0.2) is 42.5 Å². The van der Waals surface area contributed by atoms with Crippen LogP contribution in [0.1, 0.15) is 29.7 Å². The number of aliphatic hydroxyl groups excluding tert-OH is 3. The largest absolute Gasteiger partial charge is 0.494 e. The lowest BCUT2D eigenvalue weighted by atomic mass is 9.89. The Morgan fingerprint density at radius 2 is 1.83 bits per heavy atom. The summed E-state index contributed by atoms with van der Waals surface area (Å²) in [6, 6.07) is 12.3. The SMILES string of the molecule is CCOc1ccc(Cc2cc([C@H]3O[C@@H](CO)C(F)(F)[C@H](O)[C@H]3O)ccc2Cl)cc1. The minimum atomic E-state index is -3.76. The van der Waals surface area contributed by atoms with E-state index in [4.69, 9.17) is 21.1 Å². The number of ether oxygens (including phenoxy) is 2. The lowest BCUT2D eigenvalue weighted by molar-refractivity contribution is -0.296. The molecule has 1 aliphatic rings. The number of rotatable bonds is 6. The van der Waals surface area contributed by atoms with Crippen LogP contribution in [0.3, 0.4) is 0 Å². The molecule has 3 N–H and O–H groups in total. The molecule has 0 bridgehead atoms. The maximum Gasteiger partial charge on any atom is 0.303 e. The Bertz CT molecular complexity index is 826. The van der Waals surface area contributed by atoms with Crippen molar-refractivity contribution < 1.29 is 33.6 Å². The van der Waals surface area contributed by atoms with Crippen LogP contribution in [-0.2, 0) is 11.2 Å². The maximum absolute atomic E-state index is 14.0. The molecule has 2 aromatic carbocycles. The maximum atomic E-state index is 14.0. The number of alkyl halides is 2. The molecule has 8 heteroatoms.